The highest BCUT2D eigenvalue weighted by molar-refractivity contribution is 5.68. The molecular weight excluding hydrogens is 312 g/mol. The van der Waals surface area contributed by atoms with Gasteiger partial charge in [0.05, 0.1) is 11.8 Å². The van der Waals surface area contributed by atoms with Crippen molar-refractivity contribution in [2.24, 2.45) is 0 Å². The summed E-state index contributed by atoms with van der Waals surface area (Å²) in [6.07, 6.45) is 6.96. The Bertz CT molecular complexity index is 873. The first-order chi connectivity index (χ1) is 12.3. The maximum Gasteiger partial charge on any atom is 0.227 e. The third kappa shape index (κ3) is 2.95. The normalized spacial score (nSPS) is 14.6. The smallest absolute Gasteiger partial charge is 0.227 e. The van der Waals surface area contributed by atoms with Gasteiger partial charge in [0.25, 0.3) is 0 Å². The number of aromatic amines is 1. The second-order valence-electron chi connectivity index (χ2n) is 6.35. The van der Waals surface area contributed by atoms with Gasteiger partial charge in [-0.05, 0) is 31.4 Å². The van der Waals surface area contributed by atoms with Gasteiger partial charge in [0, 0.05) is 25.8 Å². The van der Waals surface area contributed by atoms with E-state index in [9.17, 15) is 0 Å². The van der Waals surface area contributed by atoms with Crippen molar-refractivity contribution in [2.45, 2.75) is 26.8 Å². The van der Waals surface area contributed by atoms with Crippen LogP contribution in [0.15, 0.2) is 42.7 Å². The Morgan fingerprint density at radius 2 is 1.96 bits per heavy atom. The molecule has 1 aliphatic rings. The number of anilines is 1. The van der Waals surface area contributed by atoms with E-state index in [1.807, 2.05) is 6.20 Å². The van der Waals surface area contributed by atoms with Crippen LogP contribution in [0.2, 0.25) is 0 Å². The van der Waals surface area contributed by atoms with Crippen LogP contribution < -0.4 is 4.90 Å². The number of aryl methyl sites for hydroxylation is 1. The van der Waals surface area contributed by atoms with Gasteiger partial charge in [-0.3, -0.25) is 9.67 Å². The molecule has 0 unspecified atom stereocenters. The molecule has 1 aromatic carbocycles. The van der Waals surface area contributed by atoms with Gasteiger partial charge in [0.1, 0.15) is 0 Å². The van der Waals surface area contributed by atoms with Crippen molar-refractivity contribution in [3.05, 3.63) is 53.9 Å². The minimum absolute atomic E-state index is 0.827. The van der Waals surface area contributed by atoms with Crippen molar-refractivity contribution in [1.82, 2.24) is 25.0 Å². The van der Waals surface area contributed by atoms with Crippen LogP contribution in [0.4, 0.5) is 5.95 Å². The molecule has 0 amide bonds. The molecule has 3 aromatic rings. The molecular formula is C19H22N6. The highest BCUT2D eigenvalue weighted by Crippen LogP contribution is 2.27. The monoisotopic (exact) mass is 334 g/mol. The minimum Gasteiger partial charge on any atom is -0.337 e. The van der Waals surface area contributed by atoms with Gasteiger partial charge in [0.2, 0.25) is 5.95 Å². The lowest BCUT2D eigenvalue weighted by molar-refractivity contribution is 0.710. The Labute approximate surface area is 147 Å². The van der Waals surface area contributed by atoms with Crippen LogP contribution in [0.25, 0.3) is 17.0 Å². The van der Waals surface area contributed by atoms with E-state index >= 15 is 0 Å². The summed E-state index contributed by atoms with van der Waals surface area (Å²) < 4.78 is 2.15. The molecule has 1 N–H and O–H groups in total. The maximum atomic E-state index is 4.44. The molecule has 1 aliphatic heterocycles. The van der Waals surface area contributed by atoms with Crippen molar-refractivity contribution < 1.29 is 0 Å². The van der Waals surface area contributed by atoms with Crippen LogP contribution in [-0.4, -0.2) is 38.1 Å². The maximum absolute atomic E-state index is 4.44. The standard InChI is InChI=1S/C19H22N6/c1-3-25-18(17-12-20-21-13-17)22-23-19(25)24-10-8-16(9-11-24)15-6-4-14(2)5-7-15/h4-8,12-13H,3,9-11H2,1-2H3,(H,20,21). The molecule has 0 fully saturated rings. The van der Waals surface area contributed by atoms with Gasteiger partial charge in [-0.1, -0.05) is 35.9 Å². The number of aromatic nitrogens is 5. The topological polar surface area (TPSA) is 62.6 Å². The lowest BCUT2D eigenvalue weighted by Gasteiger charge is -2.27. The third-order valence-corrected chi connectivity index (χ3v) is 4.72. The highest BCUT2D eigenvalue weighted by Gasteiger charge is 2.21. The van der Waals surface area contributed by atoms with E-state index in [1.165, 1.54) is 16.7 Å². The van der Waals surface area contributed by atoms with Crippen LogP contribution in [0.5, 0.6) is 0 Å². The molecule has 0 saturated heterocycles. The Kier molecular flexibility index (Phi) is 4.09. The highest BCUT2D eigenvalue weighted by atomic mass is 15.4. The molecule has 6 nitrogen and oxygen atoms in total. The number of benzene rings is 1. The molecule has 25 heavy (non-hydrogen) atoms. The number of H-pyrrole nitrogens is 1. The summed E-state index contributed by atoms with van der Waals surface area (Å²) in [7, 11) is 0. The lowest BCUT2D eigenvalue weighted by atomic mass is 9.99. The minimum atomic E-state index is 0.827. The quantitative estimate of drug-likeness (QED) is 0.795. The van der Waals surface area contributed by atoms with E-state index < -0.39 is 0 Å². The summed E-state index contributed by atoms with van der Waals surface area (Å²) >= 11 is 0. The Balaban J connectivity index is 1.57. The Morgan fingerprint density at radius 1 is 1.12 bits per heavy atom. The van der Waals surface area contributed by atoms with E-state index in [0.717, 1.165) is 43.4 Å². The first-order valence-electron chi connectivity index (χ1n) is 8.69. The van der Waals surface area contributed by atoms with Crippen LogP contribution >= 0.6 is 0 Å². The molecule has 0 spiro atoms. The first kappa shape index (κ1) is 15.6. The van der Waals surface area contributed by atoms with Gasteiger partial charge in [-0.25, -0.2) is 0 Å². The second-order valence-corrected chi connectivity index (χ2v) is 6.35. The van der Waals surface area contributed by atoms with Crippen molar-refractivity contribution in [2.75, 3.05) is 18.0 Å². The van der Waals surface area contributed by atoms with E-state index in [1.54, 1.807) is 6.20 Å². The van der Waals surface area contributed by atoms with Crippen molar-refractivity contribution in [3.63, 3.8) is 0 Å². The van der Waals surface area contributed by atoms with E-state index in [-0.39, 0.29) is 0 Å². The number of rotatable bonds is 4. The predicted molar refractivity (Wildman–Crippen MR) is 99.3 cm³/mol. The number of hydrogen-bond donors (Lipinski definition) is 1. The zero-order valence-corrected chi connectivity index (χ0v) is 14.6. The summed E-state index contributed by atoms with van der Waals surface area (Å²) in [4.78, 5) is 2.29. The van der Waals surface area contributed by atoms with Crippen molar-refractivity contribution in [3.8, 4) is 11.4 Å². The van der Waals surface area contributed by atoms with Crippen LogP contribution in [0, 0.1) is 6.92 Å². The molecule has 0 saturated carbocycles. The molecule has 3 heterocycles. The lowest BCUT2D eigenvalue weighted by Crippen LogP contribution is -2.31. The average molecular weight is 334 g/mol. The van der Waals surface area contributed by atoms with Gasteiger partial charge >= 0.3 is 0 Å². The van der Waals surface area contributed by atoms with Gasteiger partial charge in [-0.2, -0.15) is 5.10 Å². The van der Waals surface area contributed by atoms with Gasteiger partial charge in [0.15, 0.2) is 5.82 Å². The first-order valence-corrected chi connectivity index (χ1v) is 8.69. The fourth-order valence-corrected chi connectivity index (χ4v) is 3.29. The molecule has 2 aromatic heterocycles. The zero-order chi connectivity index (χ0) is 17.2. The summed E-state index contributed by atoms with van der Waals surface area (Å²) in [6, 6.07) is 8.77. The van der Waals surface area contributed by atoms with Crippen molar-refractivity contribution >= 4 is 11.5 Å². The van der Waals surface area contributed by atoms with Gasteiger partial charge < -0.3 is 4.90 Å². The van der Waals surface area contributed by atoms with E-state index in [0.29, 0.717) is 0 Å². The van der Waals surface area contributed by atoms with E-state index in [2.05, 4.69) is 74.1 Å². The van der Waals surface area contributed by atoms with Crippen LogP contribution in [0.1, 0.15) is 24.5 Å². The molecule has 0 aliphatic carbocycles. The molecule has 0 radical (unpaired) electrons. The third-order valence-electron chi connectivity index (χ3n) is 4.72. The fraction of sp³-hybridized carbons (Fsp3) is 0.316. The molecule has 0 bridgehead atoms. The Morgan fingerprint density at radius 3 is 2.60 bits per heavy atom. The van der Waals surface area contributed by atoms with E-state index in [4.69, 9.17) is 0 Å². The summed E-state index contributed by atoms with van der Waals surface area (Å²) in [5.74, 6) is 1.79. The summed E-state index contributed by atoms with van der Waals surface area (Å²) in [5, 5.41) is 15.7. The van der Waals surface area contributed by atoms with Crippen LogP contribution in [-0.2, 0) is 6.54 Å². The summed E-state index contributed by atoms with van der Waals surface area (Å²) in [5.41, 5.74) is 4.99. The van der Waals surface area contributed by atoms with Crippen LogP contribution in [0.3, 0.4) is 0 Å². The summed E-state index contributed by atoms with van der Waals surface area (Å²) in [6.45, 7) is 6.87. The van der Waals surface area contributed by atoms with Gasteiger partial charge in [-0.15, -0.1) is 10.2 Å². The molecule has 128 valence electrons. The molecule has 6 heteroatoms. The predicted octanol–water partition coefficient (Wildman–Crippen LogP) is 3.29. The second kappa shape index (κ2) is 6.55. The van der Waals surface area contributed by atoms with Crippen molar-refractivity contribution in [1.29, 1.82) is 0 Å². The Hall–Kier alpha value is -2.89. The number of nitrogens with one attached hydrogen (secondary N) is 1. The number of nitrogens with zero attached hydrogens (tertiary/aromatic N) is 5. The fourth-order valence-electron chi connectivity index (χ4n) is 3.29. The molecule has 4 rings (SSSR count). The average Bonchev–Trinajstić information content (AvgIpc) is 3.31. The zero-order valence-electron chi connectivity index (χ0n) is 14.6. The largest absolute Gasteiger partial charge is 0.337 e. The number of hydrogen-bond acceptors (Lipinski definition) is 4. The SMILES string of the molecule is CCn1c(-c2cn[nH]c2)nnc1N1CC=C(c2ccc(C)cc2)CC1. The molecule has 0 atom stereocenters.